The maximum absolute atomic E-state index is 2.61. The highest BCUT2D eigenvalue weighted by Crippen LogP contribution is 2.44. The molecule has 0 unspecified atom stereocenters. The lowest BCUT2D eigenvalue weighted by molar-refractivity contribution is 0.119. The van der Waals surface area contributed by atoms with Crippen LogP contribution in [0.5, 0.6) is 0 Å². The normalized spacial score (nSPS) is 28.8. The molecule has 112 valence electrons. The molecule has 21 heavy (non-hydrogen) atoms. The minimum Gasteiger partial charge on any atom is -0.347 e. The zero-order valence-corrected chi connectivity index (χ0v) is 13.5. The summed E-state index contributed by atoms with van der Waals surface area (Å²) in [5, 5.41) is 1.58. The number of fused-ring (bicyclic) bond motifs is 2. The number of rotatable bonds is 2. The first kappa shape index (κ1) is 13.4. The second-order valence-corrected chi connectivity index (χ2v) is 7.25. The van der Waals surface area contributed by atoms with Gasteiger partial charge < -0.3 is 9.47 Å². The molecule has 0 bridgehead atoms. The Morgan fingerprint density at radius 1 is 1.29 bits per heavy atom. The standard InChI is InChI=1S/C19H26N2/c1-4-8-21-12-14-10-18-16(9-13(2)11-20(18)3)15-6-5-7-17(21)19(14)15/h5-7,12-13,16,18H,4,8-11H2,1-3H3/t13-,16-,18-/m1/s1. The van der Waals surface area contributed by atoms with Crippen molar-refractivity contribution in [3.63, 3.8) is 0 Å². The molecular formula is C19H26N2. The average Bonchev–Trinajstić information content (AvgIpc) is 2.81. The lowest BCUT2D eigenvalue weighted by atomic mass is 9.73. The summed E-state index contributed by atoms with van der Waals surface area (Å²) in [7, 11) is 2.32. The summed E-state index contributed by atoms with van der Waals surface area (Å²) in [6.45, 7) is 7.07. The van der Waals surface area contributed by atoms with E-state index in [4.69, 9.17) is 0 Å². The van der Waals surface area contributed by atoms with Gasteiger partial charge >= 0.3 is 0 Å². The monoisotopic (exact) mass is 282 g/mol. The minimum atomic E-state index is 0.705. The molecule has 2 heterocycles. The predicted molar refractivity (Wildman–Crippen MR) is 88.9 cm³/mol. The highest BCUT2D eigenvalue weighted by Gasteiger charge is 2.38. The lowest BCUT2D eigenvalue weighted by Gasteiger charge is -2.44. The van der Waals surface area contributed by atoms with Crippen molar-refractivity contribution in [3.8, 4) is 0 Å². The average molecular weight is 282 g/mol. The third kappa shape index (κ3) is 1.96. The van der Waals surface area contributed by atoms with E-state index in [-0.39, 0.29) is 0 Å². The van der Waals surface area contributed by atoms with Crippen LogP contribution in [0.1, 0.15) is 43.7 Å². The van der Waals surface area contributed by atoms with E-state index in [0.717, 1.165) is 18.4 Å². The van der Waals surface area contributed by atoms with E-state index in [1.54, 1.807) is 16.5 Å². The quantitative estimate of drug-likeness (QED) is 0.807. The van der Waals surface area contributed by atoms with Gasteiger partial charge in [0.25, 0.3) is 0 Å². The van der Waals surface area contributed by atoms with Crippen LogP contribution in [0.15, 0.2) is 24.4 Å². The molecule has 3 atom stereocenters. The number of benzene rings is 1. The zero-order valence-electron chi connectivity index (χ0n) is 13.5. The van der Waals surface area contributed by atoms with Crippen molar-refractivity contribution in [2.24, 2.45) is 5.92 Å². The van der Waals surface area contributed by atoms with Crippen molar-refractivity contribution in [2.45, 2.75) is 51.6 Å². The molecule has 4 rings (SSSR count). The van der Waals surface area contributed by atoms with Crippen LogP contribution in [0.3, 0.4) is 0 Å². The van der Waals surface area contributed by atoms with Crippen molar-refractivity contribution >= 4 is 10.9 Å². The first-order valence-corrected chi connectivity index (χ1v) is 8.50. The van der Waals surface area contributed by atoms with E-state index in [2.05, 4.69) is 54.8 Å². The molecule has 2 aromatic rings. The fourth-order valence-corrected chi connectivity index (χ4v) is 4.82. The van der Waals surface area contributed by atoms with Gasteiger partial charge in [0.05, 0.1) is 0 Å². The second-order valence-electron chi connectivity index (χ2n) is 7.25. The number of likely N-dealkylation sites (N-methyl/N-ethyl adjacent to an activating group) is 1. The number of likely N-dealkylation sites (tertiary alicyclic amines) is 1. The number of hydrogen-bond donors (Lipinski definition) is 0. The number of piperidine rings is 1. The maximum atomic E-state index is 2.61. The van der Waals surface area contributed by atoms with Crippen molar-refractivity contribution in [3.05, 3.63) is 35.5 Å². The second kappa shape index (κ2) is 4.88. The molecule has 2 aliphatic rings. The van der Waals surface area contributed by atoms with Gasteiger partial charge in [0.15, 0.2) is 0 Å². The molecule has 0 saturated carbocycles. The minimum absolute atomic E-state index is 0.705. The van der Waals surface area contributed by atoms with Gasteiger partial charge in [-0.25, -0.2) is 0 Å². The molecule has 1 aromatic carbocycles. The Hall–Kier alpha value is -1.28. The van der Waals surface area contributed by atoms with Crippen LogP contribution in [-0.4, -0.2) is 29.1 Å². The van der Waals surface area contributed by atoms with Crippen molar-refractivity contribution < 1.29 is 0 Å². The Bertz CT molecular complexity index is 670. The molecule has 0 N–H and O–H groups in total. The van der Waals surface area contributed by atoms with Gasteiger partial charge in [0.2, 0.25) is 0 Å². The zero-order chi connectivity index (χ0) is 14.6. The summed E-state index contributed by atoms with van der Waals surface area (Å²) in [5.41, 5.74) is 4.66. The number of nitrogens with zero attached hydrogens (tertiary/aromatic N) is 2. The van der Waals surface area contributed by atoms with Gasteiger partial charge in [-0.1, -0.05) is 26.0 Å². The summed E-state index contributed by atoms with van der Waals surface area (Å²) in [6, 6.07) is 7.69. The Balaban J connectivity index is 1.88. The van der Waals surface area contributed by atoms with Gasteiger partial charge in [-0.05, 0) is 49.4 Å². The third-order valence-electron chi connectivity index (χ3n) is 5.60. The van der Waals surface area contributed by atoms with Crippen LogP contribution in [0, 0.1) is 5.92 Å². The van der Waals surface area contributed by atoms with E-state index in [0.29, 0.717) is 6.04 Å². The molecule has 0 spiro atoms. The van der Waals surface area contributed by atoms with Crippen molar-refractivity contribution in [1.29, 1.82) is 0 Å². The highest BCUT2D eigenvalue weighted by molar-refractivity contribution is 5.89. The van der Waals surface area contributed by atoms with E-state index in [1.165, 1.54) is 31.3 Å². The fraction of sp³-hybridized carbons (Fsp3) is 0.579. The van der Waals surface area contributed by atoms with Gasteiger partial charge in [0, 0.05) is 42.1 Å². The predicted octanol–water partition coefficient (Wildman–Crippen LogP) is 4.03. The summed E-state index contributed by atoms with van der Waals surface area (Å²) < 4.78 is 2.48. The first-order valence-electron chi connectivity index (χ1n) is 8.50. The third-order valence-corrected chi connectivity index (χ3v) is 5.60. The van der Waals surface area contributed by atoms with E-state index >= 15 is 0 Å². The summed E-state index contributed by atoms with van der Waals surface area (Å²) >= 11 is 0. The Morgan fingerprint density at radius 3 is 2.95 bits per heavy atom. The summed E-state index contributed by atoms with van der Waals surface area (Å²) in [4.78, 5) is 2.61. The smallest absolute Gasteiger partial charge is 0.0486 e. The fourth-order valence-electron chi connectivity index (χ4n) is 4.82. The molecule has 1 aliphatic carbocycles. The highest BCUT2D eigenvalue weighted by atomic mass is 15.1. The molecule has 1 fully saturated rings. The van der Waals surface area contributed by atoms with Crippen molar-refractivity contribution in [2.75, 3.05) is 13.6 Å². The number of hydrogen-bond acceptors (Lipinski definition) is 1. The molecule has 2 nitrogen and oxygen atoms in total. The van der Waals surface area contributed by atoms with Gasteiger partial charge in [0.1, 0.15) is 0 Å². The maximum Gasteiger partial charge on any atom is 0.0486 e. The summed E-state index contributed by atoms with van der Waals surface area (Å²) in [6.07, 6.45) is 6.22. The molecule has 0 amide bonds. The van der Waals surface area contributed by atoms with Crippen LogP contribution in [-0.2, 0) is 13.0 Å². The molecule has 0 radical (unpaired) electrons. The topological polar surface area (TPSA) is 8.17 Å². The first-order chi connectivity index (χ1) is 10.2. The van der Waals surface area contributed by atoms with Crippen LogP contribution >= 0.6 is 0 Å². The Labute approximate surface area is 127 Å². The molecule has 1 aromatic heterocycles. The van der Waals surface area contributed by atoms with E-state index in [9.17, 15) is 0 Å². The van der Waals surface area contributed by atoms with Crippen LogP contribution in [0.25, 0.3) is 10.9 Å². The van der Waals surface area contributed by atoms with Crippen LogP contribution in [0.4, 0.5) is 0 Å². The van der Waals surface area contributed by atoms with Crippen molar-refractivity contribution in [1.82, 2.24) is 9.47 Å². The summed E-state index contributed by atoms with van der Waals surface area (Å²) in [5.74, 6) is 1.54. The molecule has 1 saturated heterocycles. The number of aromatic nitrogens is 1. The molecule has 1 aliphatic heterocycles. The Morgan fingerprint density at radius 2 is 2.14 bits per heavy atom. The van der Waals surface area contributed by atoms with E-state index < -0.39 is 0 Å². The Kier molecular flexibility index (Phi) is 3.11. The molecular weight excluding hydrogens is 256 g/mol. The van der Waals surface area contributed by atoms with Gasteiger partial charge in [-0.15, -0.1) is 0 Å². The van der Waals surface area contributed by atoms with Crippen LogP contribution < -0.4 is 0 Å². The van der Waals surface area contributed by atoms with Gasteiger partial charge in [-0.2, -0.15) is 0 Å². The van der Waals surface area contributed by atoms with Crippen LogP contribution in [0.2, 0.25) is 0 Å². The SMILES string of the molecule is CCCn1cc2c3c(cccc31)[C@H]1C[C@@H](C)CN(C)[C@@H]1C2. The lowest BCUT2D eigenvalue weighted by Crippen LogP contribution is -2.47. The largest absolute Gasteiger partial charge is 0.347 e. The molecule has 2 heteroatoms. The van der Waals surface area contributed by atoms with Gasteiger partial charge in [-0.3, -0.25) is 0 Å². The van der Waals surface area contributed by atoms with E-state index in [1.807, 2.05) is 0 Å². The number of aryl methyl sites for hydroxylation is 1.